The molecule has 2 aromatic rings. The van der Waals surface area contributed by atoms with Crippen LogP contribution in [0.25, 0.3) is 0 Å². The Morgan fingerprint density at radius 1 is 1.11 bits per heavy atom. The monoisotopic (exact) mass is 379 g/mol. The summed E-state index contributed by atoms with van der Waals surface area (Å²) in [6, 6.07) is 12.6. The van der Waals surface area contributed by atoms with E-state index in [1.165, 1.54) is 0 Å². The molecule has 1 unspecified atom stereocenters. The van der Waals surface area contributed by atoms with Gasteiger partial charge in [0.15, 0.2) is 0 Å². The maximum atomic E-state index is 12.6. The molecule has 2 aromatic carbocycles. The van der Waals surface area contributed by atoms with Gasteiger partial charge >= 0.3 is 0 Å². The first-order valence-corrected chi connectivity index (χ1v) is 9.46. The number of anilines is 2. The predicted molar refractivity (Wildman–Crippen MR) is 109 cm³/mol. The number of carbonyl (C=O) groups excluding carboxylic acids is 3. The van der Waals surface area contributed by atoms with Crippen LogP contribution in [0.3, 0.4) is 0 Å². The number of aryl methyl sites for hydroxylation is 1. The van der Waals surface area contributed by atoms with Crippen molar-refractivity contribution in [1.82, 2.24) is 5.32 Å². The summed E-state index contributed by atoms with van der Waals surface area (Å²) in [6.45, 7) is 6.78. The van der Waals surface area contributed by atoms with Gasteiger partial charge in [-0.3, -0.25) is 14.4 Å². The van der Waals surface area contributed by atoms with E-state index in [0.29, 0.717) is 24.3 Å². The van der Waals surface area contributed by atoms with Gasteiger partial charge in [-0.2, -0.15) is 0 Å². The fourth-order valence-electron chi connectivity index (χ4n) is 3.36. The first-order chi connectivity index (χ1) is 13.4. The minimum atomic E-state index is -0.407. The lowest BCUT2D eigenvalue weighted by molar-refractivity contribution is -0.122. The molecule has 0 aliphatic carbocycles. The summed E-state index contributed by atoms with van der Waals surface area (Å²) >= 11 is 0. The Balaban J connectivity index is 1.66. The van der Waals surface area contributed by atoms with Crippen LogP contribution in [0.2, 0.25) is 0 Å². The fraction of sp³-hybridized carbons (Fsp3) is 0.318. The van der Waals surface area contributed by atoms with E-state index in [0.717, 1.165) is 16.8 Å². The van der Waals surface area contributed by atoms with Crippen molar-refractivity contribution in [2.75, 3.05) is 23.3 Å². The first-order valence-electron chi connectivity index (χ1n) is 9.46. The minimum absolute atomic E-state index is 0.0413. The first kappa shape index (κ1) is 19.6. The molecule has 1 atom stereocenters. The van der Waals surface area contributed by atoms with E-state index in [1.807, 2.05) is 39.0 Å². The number of carbonyl (C=O) groups is 3. The van der Waals surface area contributed by atoms with Crippen molar-refractivity contribution in [3.63, 3.8) is 0 Å². The average molecular weight is 379 g/mol. The highest BCUT2D eigenvalue weighted by molar-refractivity contribution is 6.04. The summed E-state index contributed by atoms with van der Waals surface area (Å²) in [6.07, 6.45) is 0.191. The van der Waals surface area contributed by atoms with Crippen LogP contribution in [0.5, 0.6) is 0 Å². The van der Waals surface area contributed by atoms with Crippen molar-refractivity contribution in [1.29, 1.82) is 0 Å². The van der Waals surface area contributed by atoms with Crippen LogP contribution in [0.4, 0.5) is 11.4 Å². The highest BCUT2D eigenvalue weighted by Crippen LogP contribution is 2.30. The summed E-state index contributed by atoms with van der Waals surface area (Å²) in [5.74, 6) is -0.784. The van der Waals surface area contributed by atoms with E-state index in [2.05, 4.69) is 10.6 Å². The summed E-state index contributed by atoms with van der Waals surface area (Å²) in [5, 5.41) is 5.58. The van der Waals surface area contributed by atoms with Gasteiger partial charge < -0.3 is 15.5 Å². The van der Waals surface area contributed by atoms with Crippen LogP contribution in [0.1, 0.15) is 34.8 Å². The lowest BCUT2D eigenvalue weighted by Crippen LogP contribution is -2.28. The number of benzene rings is 2. The van der Waals surface area contributed by atoms with E-state index in [-0.39, 0.29) is 24.1 Å². The third kappa shape index (κ3) is 4.06. The van der Waals surface area contributed by atoms with E-state index in [9.17, 15) is 14.4 Å². The highest BCUT2D eigenvalue weighted by Gasteiger charge is 2.35. The van der Waals surface area contributed by atoms with E-state index in [4.69, 9.17) is 0 Å². The van der Waals surface area contributed by atoms with Gasteiger partial charge in [-0.15, -0.1) is 0 Å². The Morgan fingerprint density at radius 3 is 2.50 bits per heavy atom. The van der Waals surface area contributed by atoms with Gasteiger partial charge in [0.25, 0.3) is 5.91 Å². The van der Waals surface area contributed by atoms with E-state index >= 15 is 0 Å². The third-order valence-corrected chi connectivity index (χ3v) is 5.11. The van der Waals surface area contributed by atoms with Crippen LogP contribution >= 0.6 is 0 Å². The molecule has 3 amide bonds. The Bertz CT molecular complexity index is 906. The summed E-state index contributed by atoms with van der Waals surface area (Å²) in [4.78, 5) is 38.6. The fourth-order valence-corrected chi connectivity index (χ4v) is 3.36. The minimum Gasteiger partial charge on any atom is -0.352 e. The van der Waals surface area contributed by atoms with Crippen molar-refractivity contribution >= 4 is 29.1 Å². The number of nitrogens with zero attached hydrogens (tertiary/aromatic N) is 1. The molecule has 6 nitrogen and oxygen atoms in total. The molecule has 6 heteroatoms. The Morgan fingerprint density at radius 2 is 1.82 bits per heavy atom. The second-order valence-electron chi connectivity index (χ2n) is 7.05. The van der Waals surface area contributed by atoms with Gasteiger partial charge in [0.1, 0.15) is 0 Å². The summed E-state index contributed by atoms with van der Waals surface area (Å²) < 4.78 is 0. The van der Waals surface area contributed by atoms with Crippen LogP contribution in [-0.4, -0.2) is 30.8 Å². The summed E-state index contributed by atoms with van der Waals surface area (Å²) in [7, 11) is 0. The predicted octanol–water partition coefficient (Wildman–Crippen LogP) is 3.04. The molecule has 3 rings (SSSR count). The zero-order valence-electron chi connectivity index (χ0n) is 16.4. The van der Waals surface area contributed by atoms with E-state index in [1.54, 1.807) is 29.2 Å². The highest BCUT2D eigenvalue weighted by atomic mass is 16.2. The van der Waals surface area contributed by atoms with Crippen LogP contribution in [0.15, 0.2) is 42.5 Å². The second-order valence-corrected chi connectivity index (χ2v) is 7.05. The number of hydrogen-bond acceptors (Lipinski definition) is 3. The molecule has 1 aliphatic heterocycles. The van der Waals surface area contributed by atoms with Gasteiger partial charge in [-0.25, -0.2) is 0 Å². The Kier molecular flexibility index (Phi) is 5.78. The number of amides is 3. The van der Waals surface area contributed by atoms with Crippen molar-refractivity contribution in [3.05, 3.63) is 59.2 Å². The number of rotatable bonds is 5. The molecular weight excluding hydrogens is 354 g/mol. The molecule has 0 aromatic heterocycles. The second kappa shape index (κ2) is 8.25. The maximum absolute atomic E-state index is 12.6. The van der Waals surface area contributed by atoms with Gasteiger partial charge in [-0.05, 0) is 62.2 Å². The Hall–Kier alpha value is -3.15. The van der Waals surface area contributed by atoms with Crippen molar-refractivity contribution in [2.24, 2.45) is 5.92 Å². The quantitative estimate of drug-likeness (QED) is 0.838. The molecule has 2 N–H and O–H groups in total. The topological polar surface area (TPSA) is 78.5 Å². The standard InChI is InChI=1S/C22H25N3O3/c1-4-23-21(27)16-8-10-18(11-9-16)24-22(28)17-12-20(26)25(13-17)19-7-5-6-14(2)15(19)3/h5-11,17H,4,12-13H2,1-3H3,(H,23,27)(H,24,28). The molecule has 1 fully saturated rings. The molecule has 146 valence electrons. The molecule has 28 heavy (non-hydrogen) atoms. The molecular formula is C22H25N3O3. The zero-order valence-corrected chi connectivity index (χ0v) is 16.4. The SMILES string of the molecule is CCNC(=O)c1ccc(NC(=O)C2CC(=O)N(c3cccc(C)c3C)C2)cc1. The molecule has 0 saturated carbocycles. The largest absolute Gasteiger partial charge is 0.352 e. The number of nitrogens with one attached hydrogen (secondary N) is 2. The van der Waals surface area contributed by atoms with Crippen LogP contribution in [0, 0.1) is 19.8 Å². The molecule has 0 spiro atoms. The average Bonchev–Trinajstić information content (AvgIpc) is 3.06. The van der Waals surface area contributed by atoms with Gasteiger partial charge in [0, 0.05) is 36.4 Å². The van der Waals surface area contributed by atoms with Crippen molar-refractivity contribution in [2.45, 2.75) is 27.2 Å². The maximum Gasteiger partial charge on any atom is 0.251 e. The van der Waals surface area contributed by atoms with Crippen molar-refractivity contribution < 1.29 is 14.4 Å². The molecule has 1 saturated heterocycles. The van der Waals surface area contributed by atoms with Crippen LogP contribution in [-0.2, 0) is 9.59 Å². The summed E-state index contributed by atoms with van der Waals surface area (Å²) in [5.41, 5.74) is 4.18. The van der Waals surface area contributed by atoms with Gasteiger partial charge in [-0.1, -0.05) is 12.1 Å². The molecule has 0 bridgehead atoms. The molecule has 0 radical (unpaired) electrons. The lowest BCUT2D eigenvalue weighted by Gasteiger charge is -2.20. The smallest absolute Gasteiger partial charge is 0.251 e. The van der Waals surface area contributed by atoms with Crippen LogP contribution < -0.4 is 15.5 Å². The third-order valence-electron chi connectivity index (χ3n) is 5.11. The molecule has 1 aliphatic rings. The number of hydrogen-bond donors (Lipinski definition) is 2. The van der Waals surface area contributed by atoms with Gasteiger partial charge in [0.05, 0.1) is 5.92 Å². The zero-order chi connectivity index (χ0) is 20.3. The van der Waals surface area contributed by atoms with E-state index < -0.39 is 5.92 Å². The normalized spacial score (nSPS) is 16.2. The Labute approximate surface area is 164 Å². The van der Waals surface area contributed by atoms with Gasteiger partial charge in [0.2, 0.25) is 11.8 Å². The molecule has 1 heterocycles. The van der Waals surface area contributed by atoms with Crippen molar-refractivity contribution in [3.8, 4) is 0 Å². The lowest BCUT2D eigenvalue weighted by atomic mass is 10.1.